The first-order chi connectivity index (χ1) is 10.2. The summed E-state index contributed by atoms with van der Waals surface area (Å²) in [7, 11) is 0. The van der Waals surface area contributed by atoms with Gasteiger partial charge in [0.15, 0.2) is 0 Å². The highest BCUT2D eigenvalue weighted by atomic mass is 32.2. The maximum Gasteiger partial charge on any atom is 0.237 e. The number of thioether (sulfide) groups is 1. The summed E-state index contributed by atoms with van der Waals surface area (Å²) in [6.45, 7) is 0.813. The van der Waals surface area contributed by atoms with Crippen molar-refractivity contribution in [1.29, 1.82) is 0 Å². The third kappa shape index (κ3) is 3.22. The van der Waals surface area contributed by atoms with E-state index in [1.807, 2.05) is 47.4 Å². The van der Waals surface area contributed by atoms with E-state index in [0.29, 0.717) is 5.75 Å². The highest BCUT2D eigenvalue weighted by Gasteiger charge is 2.21. The molecule has 1 heterocycles. The predicted molar refractivity (Wildman–Crippen MR) is 88.7 cm³/mol. The number of carbonyl (C=O) groups is 1. The normalized spacial score (nSPS) is 13.8. The molecule has 0 radical (unpaired) electrons. The van der Waals surface area contributed by atoms with E-state index in [0.717, 1.165) is 35.7 Å². The van der Waals surface area contributed by atoms with E-state index in [9.17, 15) is 4.79 Å². The molecule has 2 aromatic carbocycles. The van der Waals surface area contributed by atoms with Crippen LogP contribution in [-0.2, 0) is 11.2 Å². The van der Waals surface area contributed by atoms with E-state index in [2.05, 4.69) is 6.07 Å². The Morgan fingerprint density at radius 3 is 2.90 bits per heavy atom. The Morgan fingerprint density at radius 1 is 1.19 bits per heavy atom. The van der Waals surface area contributed by atoms with E-state index in [-0.39, 0.29) is 5.91 Å². The van der Waals surface area contributed by atoms with Crippen molar-refractivity contribution >= 4 is 29.0 Å². The number of anilines is 2. The molecule has 0 atom stereocenters. The molecule has 1 amide bonds. The predicted octanol–water partition coefficient (Wildman–Crippen LogP) is 3.34. The molecule has 3 rings (SSSR count). The quantitative estimate of drug-likeness (QED) is 0.698. The standard InChI is InChI=1S/C17H18N2OS/c18-14-7-3-8-15(11-14)21-12-17(20)19-10-4-6-13-5-1-2-9-16(13)19/h1-3,5,7-9,11H,4,6,10,12,18H2. The molecule has 108 valence electrons. The van der Waals surface area contributed by atoms with Gasteiger partial charge in [-0.1, -0.05) is 24.3 Å². The van der Waals surface area contributed by atoms with Crippen LogP contribution in [0.2, 0.25) is 0 Å². The van der Waals surface area contributed by atoms with Gasteiger partial charge in [0.05, 0.1) is 5.75 Å². The molecule has 0 aliphatic carbocycles. The Morgan fingerprint density at radius 2 is 2.05 bits per heavy atom. The number of benzene rings is 2. The fourth-order valence-electron chi connectivity index (χ4n) is 2.62. The number of nitrogens with zero attached hydrogens (tertiary/aromatic N) is 1. The van der Waals surface area contributed by atoms with Crippen molar-refractivity contribution in [3.63, 3.8) is 0 Å². The average Bonchev–Trinajstić information content (AvgIpc) is 2.52. The summed E-state index contributed by atoms with van der Waals surface area (Å²) in [5, 5.41) is 0. The zero-order valence-electron chi connectivity index (χ0n) is 11.8. The number of fused-ring (bicyclic) bond motifs is 1. The Kier molecular flexibility index (Phi) is 4.15. The van der Waals surface area contributed by atoms with Crippen LogP contribution < -0.4 is 10.6 Å². The Hall–Kier alpha value is -1.94. The molecule has 0 unspecified atom stereocenters. The lowest BCUT2D eigenvalue weighted by Crippen LogP contribution is -2.36. The van der Waals surface area contributed by atoms with Crippen LogP contribution in [0.1, 0.15) is 12.0 Å². The van der Waals surface area contributed by atoms with Crippen molar-refractivity contribution in [2.75, 3.05) is 22.9 Å². The van der Waals surface area contributed by atoms with Crippen molar-refractivity contribution in [2.24, 2.45) is 0 Å². The van der Waals surface area contributed by atoms with E-state index in [1.165, 1.54) is 17.3 Å². The van der Waals surface area contributed by atoms with Crippen molar-refractivity contribution in [3.05, 3.63) is 54.1 Å². The molecule has 0 spiro atoms. The van der Waals surface area contributed by atoms with Crippen LogP contribution >= 0.6 is 11.8 Å². The van der Waals surface area contributed by atoms with Gasteiger partial charge in [-0.3, -0.25) is 4.79 Å². The van der Waals surface area contributed by atoms with Crippen LogP contribution in [0.4, 0.5) is 11.4 Å². The lowest BCUT2D eigenvalue weighted by atomic mass is 10.0. The summed E-state index contributed by atoms with van der Waals surface area (Å²) in [6, 6.07) is 15.8. The first kappa shape index (κ1) is 14.0. The minimum Gasteiger partial charge on any atom is -0.399 e. The fraction of sp³-hybridized carbons (Fsp3) is 0.235. The van der Waals surface area contributed by atoms with Crippen molar-refractivity contribution in [2.45, 2.75) is 17.7 Å². The van der Waals surface area contributed by atoms with E-state index in [4.69, 9.17) is 5.73 Å². The number of nitrogens with two attached hydrogens (primary N) is 1. The Bertz CT molecular complexity index is 657. The van der Waals surface area contributed by atoms with Gasteiger partial charge < -0.3 is 10.6 Å². The first-order valence-electron chi connectivity index (χ1n) is 7.10. The molecule has 1 aliphatic rings. The topological polar surface area (TPSA) is 46.3 Å². The van der Waals surface area contributed by atoms with Gasteiger partial charge >= 0.3 is 0 Å². The van der Waals surface area contributed by atoms with Crippen LogP contribution in [0.25, 0.3) is 0 Å². The van der Waals surface area contributed by atoms with Crippen molar-refractivity contribution < 1.29 is 4.79 Å². The molecule has 1 aliphatic heterocycles. The van der Waals surface area contributed by atoms with Crippen LogP contribution in [-0.4, -0.2) is 18.2 Å². The number of nitrogen functional groups attached to an aromatic ring is 1. The maximum absolute atomic E-state index is 12.5. The second-order valence-corrected chi connectivity index (χ2v) is 6.19. The number of amides is 1. The second kappa shape index (κ2) is 6.22. The molecule has 0 saturated heterocycles. The van der Waals surface area contributed by atoms with E-state index >= 15 is 0 Å². The number of rotatable bonds is 3. The van der Waals surface area contributed by atoms with Gasteiger partial charge in [-0.2, -0.15) is 0 Å². The van der Waals surface area contributed by atoms with Gasteiger partial charge in [0, 0.05) is 22.8 Å². The van der Waals surface area contributed by atoms with Gasteiger partial charge in [0.2, 0.25) is 5.91 Å². The first-order valence-corrected chi connectivity index (χ1v) is 8.09. The van der Waals surface area contributed by atoms with Gasteiger partial charge in [0.1, 0.15) is 0 Å². The molecule has 0 saturated carbocycles. The maximum atomic E-state index is 12.5. The van der Waals surface area contributed by atoms with Gasteiger partial charge in [-0.15, -0.1) is 11.8 Å². The summed E-state index contributed by atoms with van der Waals surface area (Å²) in [4.78, 5) is 15.4. The average molecular weight is 298 g/mol. The minimum absolute atomic E-state index is 0.162. The van der Waals surface area contributed by atoms with E-state index in [1.54, 1.807) is 0 Å². The largest absolute Gasteiger partial charge is 0.399 e. The monoisotopic (exact) mass is 298 g/mol. The lowest BCUT2D eigenvalue weighted by molar-refractivity contribution is -0.116. The molecule has 2 aromatic rings. The summed E-state index contributed by atoms with van der Waals surface area (Å²) < 4.78 is 0. The van der Waals surface area contributed by atoms with Crippen LogP contribution in [0.15, 0.2) is 53.4 Å². The molecule has 21 heavy (non-hydrogen) atoms. The molecule has 0 bridgehead atoms. The minimum atomic E-state index is 0.162. The molecule has 0 aromatic heterocycles. The zero-order chi connectivity index (χ0) is 14.7. The SMILES string of the molecule is Nc1cccc(SCC(=O)N2CCCc3ccccc32)c1. The third-order valence-corrected chi connectivity index (χ3v) is 4.61. The van der Waals surface area contributed by atoms with Gasteiger partial charge in [-0.05, 0) is 42.7 Å². The summed E-state index contributed by atoms with van der Waals surface area (Å²) >= 11 is 1.54. The summed E-state index contributed by atoms with van der Waals surface area (Å²) in [6.07, 6.45) is 2.09. The van der Waals surface area contributed by atoms with Crippen LogP contribution in [0.3, 0.4) is 0 Å². The number of para-hydroxylation sites is 1. The van der Waals surface area contributed by atoms with Crippen molar-refractivity contribution in [3.8, 4) is 0 Å². The number of hydrogen-bond donors (Lipinski definition) is 1. The summed E-state index contributed by atoms with van der Waals surface area (Å²) in [5.74, 6) is 0.604. The van der Waals surface area contributed by atoms with Crippen LogP contribution in [0, 0.1) is 0 Å². The smallest absolute Gasteiger partial charge is 0.237 e. The van der Waals surface area contributed by atoms with E-state index < -0.39 is 0 Å². The molecule has 0 fully saturated rings. The van der Waals surface area contributed by atoms with Crippen LogP contribution in [0.5, 0.6) is 0 Å². The number of aryl methyl sites for hydroxylation is 1. The van der Waals surface area contributed by atoms with Gasteiger partial charge in [-0.25, -0.2) is 0 Å². The van der Waals surface area contributed by atoms with Gasteiger partial charge in [0.25, 0.3) is 0 Å². The molecular weight excluding hydrogens is 280 g/mol. The molecular formula is C17H18N2OS. The lowest BCUT2D eigenvalue weighted by Gasteiger charge is -2.29. The highest BCUT2D eigenvalue weighted by molar-refractivity contribution is 8.00. The number of hydrogen-bond acceptors (Lipinski definition) is 3. The Balaban J connectivity index is 1.69. The highest BCUT2D eigenvalue weighted by Crippen LogP contribution is 2.28. The summed E-state index contributed by atoms with van der Waals surface area (Å²) in [5.41, 5.74) is 8.84. The second-order valence-electron chi connectivity index (χ2n) is 5.14. The molecule has 4 heteroatoms. The molecule has 2 N–H and O–H groups in total. The Labute approximate surface area is 129 Å². The number of carbonyl (C=O) groups excluding carboxylic acids is 1. The fourth-order valence-corrected chi connectivity index (χ4v) is 3.46. The molecule has 3 nitrogen and oxygen atoms in total. The third-order valence-electron chi connectivity index (χ3n) is 3.63. The van der Waals surface area contributed by atoms with Crippen molar-refractivity contribution in [1.82, 2.24) is 0 Å². The zero-order valence-corrected chi connectivity index (χ0v) is 12.6.